The largest absolute Gasteiger partial charge is 0.207 e. The van der Waals surface area contributed by atoms with Crippen LogP contribution < -0.4 is 0 Å². The molecule has 1 aliphatic rings. The first-order valence-corrected chi connectivity index (χ1v) is 41.2. The summed E-state index contributed by atoms with van der Waals surface area (Å²) in [6, 6.07) is 0. The lowest BCUT2D eigenvalue weighted by Gasteiger charge is -2.63. The summed E-state index contributed by atoms with van der Waals surface area (Å²) in [5.41, 5.74) is 0. The molecule has 0 aromatic heterocycles. The monoisotopic (exact) mass is 744 g/mol. The van der Waals surface area contributed by atoms with Gasteiger partial charge in [0, 0.05) is 0 Å². The van der Waals surface area contributed by atoms with Crippen LogP contribution in [0, 0.1) is 0 Å². The average Bonchev–Trinajstić information content (AvgIpc) is 3.34. The molecule has 262 valence electrons. The first-order valence-electron chi connectivity index (χ1n) is 17.9. The molecule has 1 aliphatic heterocycles. The van der Waals surface area contributed by atoms with Crippen molar-refractivity contribution in [2.45, 2.75) is 233 Å². The standard InChI is InChI=1S/C36H84SSi7/c1-29(2,3)40(25,30(4,5)6)37-44(43(28,35(19,20)21)36(22,23)24)38(41(26,31(7,8)9)32(10,11)12)39(44)42(27,33(13,14)15)34(16,17)18/h1-28H3. The molecule has 44 heavy (non-hydrogen) atoms. The molecule has 1 rings (SSSR count). The van der Waals surface area contributed by atoms with Crippen LogP contribution in [0.15, 0.2) is 0 Å². The van der Waals surface area contributed by atoms with Crippen molar-refractivity contribution in [3.63, 3.8) is 0 Å². The van der Waals surface area contributed by atoms with Gasteiger partial charge in [-0.05, 0) is 54.2 Å². The Morgan fingerprint density at radius 2 is 0.545 bits per heavy atom. The van der Waals surface area contributed by atoms with Crippen LogP contribution in [0.3, 0.4) is 0 Å². The molecule has 0 aliphatic carbocycles. The molecule has 0 aromatic rings. The second kappa shape index (κ2) is 11.4. The van der Waals surface area contributed by atoms with Gasteiger partial charge in [0.2, 0.25) is 0 Å². The van der Waals surface area contributed by atoms with Gasteiger partial charge in [-0.1, -0.05) is 192 Å². The Bertz CT molecular complexity index is 1000. The molecule has 0 saturated heterocycles. The number of hydrogen-bond donors (Lipinski definition) is 0. The molecule has 0 saturated carbocycles. The summed E-state index contributed by atoms with van der Waals surface area (Å²) in [7, 11) is -4.37. The van der Waals surface area contributed by atoms with E-state index in [9.17, 15) is 0 Å². The molecule has 0 aromatic carbocycles. The van der Waals surface area contributed by atoms with Gasteiger partial charge in [-0.2, -0.15) is 0 Å². The van der Waals surface area contributed by atoms with Crippen molar-refractivity contribution in [1.29, 1.82) is 0 Å². The van der Waals surface area contributed by atoms with E-state index < -0.39 is 49.6 Å². The van der Waals surface area contributed by atoms with E-state index >= 15 is 0 Å². The summed E-state index contributed by atoms with van der Waals surface area (Å²) in [5.74, 6) is -1.86. The molecule has 0 N–H and O–H groups in total. The number of hydrogen-bond acceptors (Lipinski definition) is 1. The van der Waals surface area contributed by atoms with Gasteiger partial charge in [-0.15, -0.1) is 0 Å². The first kappa shape index (κ1) is 43.9. The van der Waals surface area contributed by atoms with Gasteiger partial charge < -0.3 is 0 Å². The van der Waals surface area contributed by atoms with E-state index in [1.54, 1.807) is 0 Å². The third-order valence-electron chi connectivity index (χ3n) is 14.8. The molecule has 0 bridgehead atoms. The minimum absolute atomic E-state index is 0.367. The Labute approximate surface area is 291 Å². The van der Waals surface area contributed by atoms with E-state index in [0.29, 0.717) is 40.3 Å². The maximum atomic E-state index is 3.06. The third kappa shape index (κ3) is 6.11. The van der Waals surface area contributed by atoms with Crippen LogP contribution in [-0.4, -0.2) is 49.6 Å². The molecule has 0 fully saturated rings. The quantitative estimate of drug-likeness (QED) is 0.253. The Hall–Kier alpha value is 1.87. The topological polar surface area (TPSA) is 0 Å². The van der Waals surface area contributed by atoms with E-state index in [1.165, 1.54) is 0 Å². The highest BCUT2D eigenvalue weighted by atomic mass is 32.6. The molecule has 0 nitrogen and oxygen atoms in total. The summed E-state index contributed by atoms with van der Waals surface area (Å²) in [6.07, 6.45) is 0. The Morgan fingerprint density at radius 3 is 0.682 bits per heavy atom. The van der Waals surface area contributed by atoms with Crippen LogP contribution in [0.5, 0.6) is 0 Å². The lowest BCUT2D eigenvalue weighted by atomic mass is 10.2. The van der Waals surface area contributed by atoms with Gasteiger partial charge in [0.05, 0.1) is 22.8 Å². The maximum Gasteiger partial charge on any atom is 0.117 e. The zero-order chi connectivity index (χ0) is 36.4. The summed E-state index contributed by atoms with van der Waals surface area (Å²) >= 11 is 0. The van der Waals surface area contributed by atoms with Crippen molar-refractivity contribution in [2.24, 2.45) is 0 Å². The fourth-order valence-electron chi connectivity index (χ4n) is 9.84. The third-order valence-corrected chi connectivity index (χ3v) is 182. The zero-order valence-corrected chi connectivity index (χ0v) is 43.7. The van der Waals surface area contributed by atoms with Crippen LogP contribution in [0.1, 0.15) is 166 Å². The van der Waals surface area contributed by atoms with Crippen LogP contribution in [0.4, 0.5) is 0 Å². The summed E-state index contributed by atoms with van der Waals surface area (Å²) in [4.78, 5) is 0. The SMILES string of the molecule is CC(C)(C)[Si](C)(S[Si]1([Si](C)(C(C)(C)C)C(C)(C)C)[Si]([Si](C)(C(C)(C)C)C(C)(C)C)=[Si]1[Si](C)(C(C)(C)C)C(C)(C)C)C(C)(C)C. The molecule has 8 heteroatoms. The average molecular weight is 746 g/mol. The molecular formula is C36H84SSi7. The van der Waals surface area contributed by atoms with Crippen LogP contribution >= 0.6 is 10.7 Å². The van der Waals surface area contributed by atoms with Gasteiger partial charge in [-0.3, -0.25) is 0 Å². The van der Waals surface area contributed by atoms with Crippen molar-refractivity contribution in [1.82, 2.24) is 0 Å². The van der Waals surface area contributed by atoms with E-state index in [2.05, 4.69) is 203 Å². The van der Waals surface area contributed by atoms with Gasteiger partial charge >= 0.3 is 0 Å². The van der Waals surface area contributed by atoms with Gasteiger partial charge in [0.25, 0.3) is 0 Å². The first-order chi connectivity index (χ1) is 18.4. The van der Waals surface area contributed by atoms with E-state index in [-0.39, 0.29) is 0 Å². The predicted octanol–water partition coefficient (Wildman–Crippen LogP) is 14.4. The molecular weight excluding hydrogens is 661 g/mol. The maximum absolute atomic E-state index is 3.06. The molecule has 0 atom stereocenters. The summed E-state index contributed by atoms with van der Waals surface area (Å²) in [5, 5.41) is 3.20. The van der Waals surface area contributed by atoms with Crippen LogP contribution in [0.25, 0.3) is 0 Å². The second-order valence-corrected chi connectivity index (χ2v) is 96.1. The fraction of sp³-hybridized carbons (Fsp3) is 1.00. The van der Waals surface area contributed by atoms with Crippen LogP contribution in [-0.2, 0) is 0 Å². The van der Waals surface area contributed by atoms with Crippen LogP contribution in [0.2, 0.25) is 66.5 Å². The van der Waals surface area contributed by atoms with Gasteiger partial charge in [-0.25, -0.2) is 10.7 Å². The highest BCUT2D eigenvalue weighted by molar-refractivity contribution is 8.71. The highest BCUT2D eigenvalue weighted by Gasteiger charge is 2.83. The minimum atomic E-state index is -1.90. The van der Waals surface area contributed by atoms with Crippen molar-refractivity contribution in [3.05, 3.63) is 0 Å². The molecule has 0 unspecified atom stereocenters. The van der Waals surface area contributed by atoms with Crippen molar-refractivity contribution in [3.8, 4) is 0 Å². The van der Waals surface area contributed by atoms with E-state index in [0.717, 1.165) is 0 Å². The highest BCUT2D eigenvalue weighted by Crippen LogP contribution is 2.72. The van der Waals surface area contributed by atoms with Crippen molar-refractivity contribution < 1.29 is 0 Å². The van der Waals surface area contributed by atoms with Crippen molar-refractivity contribution in [2.75, 3.05) is 0 Å². The molecule has 1 heterocycles. The zero-order valence-electron chi connectivity index (χ0n) is 35.9. The Balaban J connectivity index is 5.05. The summed E-state index contributed by atoms with van der Waals surface area (Å²) < 4.78 is 0. The lowest BCUT2D eigenvalue weighted by Crippen LogP contribution is -2.75. The molecule has 0 spiro atoms. The fourth-order valence-corrected chi connectivity index (χ4v) is 351. The lowest BCUT2D eigenvalue weighted by molar-refractivity contribution is 0.633. The smallest absolute Gasteiger partial charge is 0.117 e. The van der Waals surface area contributed by atoms with E-state index in [1.807, 2.05) is 0 Å². The summed E-state index contributed by atoms with van der Waals surface area (Å²) in [6.45, 7) is 76.2. The predicted molar refractivity (Wildman–Crippen MR) is 229 cm³/mol. The Kier molecular flexibility index (Phi) is 11.4. The van der Waals surface area contributed by atoms with Crippen molar-refractivity contribution >= 4 is 60.3 Å². The molecule has 0 radical (unpaired) electrons. The Morgan fingerprint density at radius 1 is 0.341 bits per heavy atom. The number of rotatable bonds is 5. The minimum Gasteiger partial charge on any atom is -0.207 e. The molecule has 0 amide bonds. The second-order valence-electron chi connectivity index (χ2n) is 23.9. The van der Waals surface area contributed by atoms with Gasteiger partial charge in [0.1, 0.15) is 13.0 Å². The van der Waals surface area contributed by atoms with Gasteiger partial charge in [0.15, 0.2) is 0 Å². The van der Waals surface area contributed by atoms with E-state index in [4.69, 9.17) is 0 Å². The normalized spacial score (nSPS) is 19.1.